The average Bonchev–Trinajstić information content (AvgIpc) is 3.01. The zero-order valence-corrected chi connectivity index (χ0v) is 27.3. The van der Waals surface area contributed by atoms with Gasteiger partial charge in [0, 0.05) is 76.5 Å². The molecule has 0 spiro atoms. The Morgan fingerprint density at radius 1 is 1.18 bits per heavy atom. The number of carbonyl (C=O) groups excluding carboxylic acids is 1. The normalized spacial score (nSPS) is 18.3. The molecule has 242 valence electrons. The number of likely N-dealkylation sites (tertiary alicyclic amines) is 1. The Morgan fingerprint density at radius 3 is 2.59 bits per heavy atom. The number of amides is 1. The Balaban J connectivity index is 1.36. The van der Waals surface area contributed by atoms with E-state index in [2.05, 4.69) is 41.2 Å². The molecule has 2 aliphatic heterocycles. The molecule has 0 bridgehead atoms. The fourth-order valence-corrected chi connectivity index (χ4v) is 5.96. The van der Waals surface area contributed by atoms with Crippen LogP contribution >= 0.6 is 0 Å². The molecule has 2 fully saturated rings. The van der Waals surface area contributed by atoms with Crippen LogP contribution in [0.15, 0.2) is 30.6 Å². The highest BCUT2D eigenvalue weighted by molar-refractivity contribution is 5.68. The predicted octanol–water partition coefficient (Wildman–Crippen LogP) is 5.02. The highest BCUT2D eigenvalue weighted by Gasteiger charge is 2.28. The first kappa shape index (κ1) is 33.3. The molecule has 11 nitrogen and oxygen atoms in total. The molecule has 1 amide bonds. The van der Waals surface area contributed by atoms with Crippen LogP contribution in [0.3, 0.4) is 0 Å². The van der Waals surface area contributed by atoms with E-state index in [0.29, 0.717) is 18.3 Å². The molecule has 1 unspecified atom stereocenters. The number of nitrogens with zero attached hydrogens (tertiary/aromatic N) is 6. The summed E-state index contributed by atoms with van der Waals surface area (Å²) in [4.78, 5) is 33.2. The predicted molar refractivity (Wildman–Crippen MR) is 177 cm³/mol. The number of pyridine rings is 1. The number of rotatable bonds is 11. The van der Waals surface area contributed by atoms with Gasteiger partial charge >= 0.3 is 6.09 Å². The molecule has 2 aromatic rings. The zero-order chi connectivity index (χ0) is 31.7. The first-order valence-electron chi connectivity index (χ1n) is 16.2. The second-order valence-corrected chi connectivity index (χ2v) is 13.0. The number of hydrogen-bond donors (Lipinski definition) is 3. The summed E-state index contributed by atoms with van der Waals surface area (Å²) in [5.74, 6) is 3.67. The van der Waals surface area contributed by atoms with E-state index in [0.717, 1.165) is 93.3 Å². The smallest absolute Gasteiger partial charge is 0.410 e. The van der Waals surface area contributed by atoms with Gasteiger partial charge in [0.1, 0.15) is 23.1 Å². The first-order valence-corrected chi connectivity index (χ1v) is 16.2. The lowest BCUT2D eigenvalue weighted by molar-refractivity contribution is 0.0186. The van der Waals surface area contributed by atoms with Crippen molar-refractivity contribution in [3.8, 4) is 0 Å². The Kier molecular flexibility index (Phi) is 11.7. The molecular weight excluding hydrogens is 556 g/mol. The number of anilines is 3. The Bertz CT molecular complexity index is 1240. The maximum absolute atomic E-state index is 12.4. The minimum Gasteiger partial charge on any atom is -0.444 e. The van der Waals surface area contributed by atoms with E-state index in [1.807, 2.05) is 37.9 Å². The summed E-state index contributed by atoms with van der Waals surface area (Å²) in [7, 11) is 2.07. The number of allylic oxidation sites excluding steroid dienone is 1. The Hall–Kier alpha value is -3.60. The van der Waals surface area contributed by atoms with Crippen LogP contribution in [0.4, 0.5) is 22.2 Å². The van der Waals surface area contributed by atoms with Crippen LogP contribution in [0.25, 0.3) is 5.57 Å². The standard InChI is InChI=1S/C33H52N8O3/c1-6-26(20-34)31-37-28(19-30(38-31)41-15-8-7-9-27(41)14-18-42)35-21-25-10-11-29(36-22-25)39(5)23-24-12-16-40(17-13-24)32(43)44-33(2,3)4/h10-11,19-20,22,24,27,42H,6-9,12-18,21,23,34H2,1-5H3,(H,35,37,38). The molecule has 2 aromatic heterocycles. The van der Waals surface area contributed by atoms with E-state index in [9.17, 15) is 9.90 Å². The third-order valence-electron chi connectivity index (χ3n) is 8.44. The minimum absolute atomic E-state index is 0.165. The van der Waals surface area contributed by atoms with E-state index in [-0.39, 0.29) is 18.7 Å². The van der Waals surface area contributed by atoms with Crippen molar-refractivity contribution in [2.24, 2.45) is 11.7 Å². The van der Waals surface area contributed by atoms with Gasteiger partial charge in [-0.05, 0) is 83.3 Å². The van der Waals surface area contributed by atoms with Gasteiger partial charge in [0.2, 0.25) is 0 Å². The fourth-order valence-electron chi connectivity index (χ4n) is 5.96. The summed E-state index contributed by atoms with van der Waals surface area (Å²) in [6.07, 6.45) is 9.97. The molecule has 4 N–H and O–H groups in total. The minimum atomic E-state index is -0.472. The van der Waals surface area contributed by atoms with Crippen LogP contribution in [0.5, 0.6) is 0 Å². The Morgan fingerprint density at radius 2 is 1.95 bits per heavy atom. The van der Waals surface area contributed by atoms with Crippen LogP contribution in [0.2, 0.25) is 0 Å². The number of nitrogens with two attached hydrogens (primary N) is 1. The van der Waals surface area contributed by atoms with Crippen molar-refractivity contribution in [2.45, 2.75) is 90.8 Å². The maximum atomic E-state index is 12.4. The maximum Gasteiger partial charge on any atom is 0.410 e. The van der Waals surface area contributed by atoms with Crippen molar-refractivity contribution in [3.63, 3.8) is 0 Å². The summed E-state index contributed by atoms with van der Waals surface area (Å²) in [5.41, 5.74) is 7.41. The Labute approximate surface area is 262 Å². The SMILES string of the molecule is CCC(=CN)c1nc(NCc2ccc(N(C)CC3CCN(C(=O)OC(C)(C)C)CC3)nc2)cc(N2CCCCC2CCO)n1. The molecule has 0 radical (unpaired) electrons. The van der Waals surface area contributed by atoms with Crippen LogP contribution in [-0.4, -0.2) is 82.5 Å². The van der Waals surface area contributed by atoms with Crippen molar-refractivity contribution >= 4 is 29.1 Å². The van der Waals surface area contributed by atoms with Crippen molar-refractivity contribution < 1.29 is 14.6 Å². The number of aliphatic hydroxyl groups excluding tert-OH is 1. The summed E-state index contributed by atoms with van der Waals surface area (Å²) in [6, 6.07) is 6.43. The van der Waals surface area contributed by atoms with E-state index in [4.69, 9.17) is 25.4 Å². The van der Waals surface area contributed by atoms with Gasteiger partial charge in [0.15, 0.2) is 5.82 Å². The number of hydrogen-bond acceptors (Lipinski definition) is 10. The molecule has 11 heteroatoms. The topological polar surface area (TPSA) is 133 Å². The number of aromatic nitrogens is 3. The quantitative estimate of drug-likeness (QED) is 0.319. The van der Waals surface area contributed by atoms with E-state index in [1.165, 1.54) is 6.42 Å². The largest absolute Gasteiger partial charge is 0.444 e. The molecular formula is C33H52N8O3. The third-order valence-corrected chi connectivity index (χ3v) is 8.44. The number of carbonyl (C=O) groups is 1. The number of aliphatic hydroxyl groups is 1. The van der Waals surface area contributed by atoms with Crippen molar-refractivity contribution in [1.82, 2.24) is 19.9 Å². The monoisotopic (exact) mass is 608 g/mol. The van der Waals surface area contributed by atoms with Gasteiger partial charge in [0.25, 0.3) is 0 Å². The van der Waals surface area contributed by atoms with Gasteiger partial charge in [0.05, 0.1) is 0 Å². The van der Waals surface area contributed by atoms with Crippen LogP contribution in [0, 0.1) is 5.92 Å². The highest BCUT2D eigenvalue weighted by Crippen LogP contribution is 2.29. The number of ether oxygens (including phenoxy) is 1. The zero-order valence-electron chi connectivity index (χ0n) is 27.3. The lowest BCUT2D eigenvalue weighted by Crippen LogP contribution is -2.43. The summed E-state index contributed by atoms with van der Waals surface area (Å²) < 4.78 is 5.53. The van der Waals surface area contributed by atoms with E-state index >= 15 is 0 Å². The first-order chi connectivity index (χ1) is 21.1. The van der Waals surface area contributed by atoms with E-state index < -0.39 is 5.60 Å². The van der Waals surface area contributed by atoms with Crippen LogP contribution in [-0.2, 0) is 11.3 Å². The molecule has 0 aromatic carbocycles. The molecule has 4 heterocycles. The molecule has 44 heavy (non-hydrogen) atoms. The molecule has 0 aliphatic carbocycles. The van der Waals surface area contributed by atoms with E-state index in [1.54, 1.807) is 6.20 Å². The average molecular weight is 609 g/mol. The second kappa shape index (κ2) is 15.4. The molecule has 0 saturated carbocycles. The van der Waals surface area contributed by atoms with Gasteiger partial charge in [-0.25, -0.2) is 19.7 Å². The number of nitrogens with one attached hydrogen (secondary N) is 1. The molecule has 1 atom stereocenters. The van der Waals surface area contributed by atoms with Crippen molar-refractivity contribution in [2.75, 3.05) is 55.0 Å². The second-order valence-electron chi connectivity index (χ2n) is 13.0. The van der Waals surface area contributed by atoms with Crippen LogP contribution in [0.1, 0.15) is 84.0 Å². The van der Waals surface area contributed by atoms with Gasteiger partial charge in [-0.15, -0.1) is 0 Å². The summed E-state index contributed by atoms with van der Waals surface area (Å²) >= 11 is 0. The molecule has 2 saturated heterocycles. The molecule has 4 rings (SSSR count). The van der Waals surface area contributed by atoms with Gasteiger partial charge in [-0.1, -0.05) is 13.0 Å². The summed E-state index contributed by atoms with van der Waals surface area (Å²) in [5, 5.41) is 13.1. The third kappa shape index (κ3) is 9.20. The van der Waals surface area contributed by atoms with Gasteiger partial charge < -0.3 is 35.6 Å². The lowest BCUT2D eigenvalue weighted by Gasteiger charge is -2.36. The molecule has 2 aliphatic rings. The van der Waals surface area contributed by atoms with Crippen molar-refractivity contribution in [3.05, 3.63) is 42.0 Å². The lowest BCUT2D eigenvalue weighted by atomic mass is 9.96. The highest BCUT2D eigenvalue weighted by atomic mass is 16.6. The number of piperidine rings is 2. The summed E-state index contributed by atoms with van der Waals surface area (Å²) in [6.45, 7) is 11.7. The van der Waals surface area contributed by atoms with Gasteiger partial charge in [-0.3, -0.25) is 0 Å². The van der Waals surface area contributed by atoms with Crippen molar-refractivity contribution in [1.29, 1.82) is 0 Å². The fraction of sp³-hybridized carbons (Fsp3) is 0.636. The van der Waals surface area contributed by atoms with Gasteiger partial charge in [-0.2, -0.15) is 0 Å². The van der Waals surface area contributed by atoms with Crippen LogP contribution < -0.4 is 20.9 Å².